The van der Waals surface area contributed by atoms with Crippen LogP contribution in [0.1, 0.15) is 40.5 Å². The molecule has 1 rings (SSSR count). The Balaban J connectivity index is 2.16. The van der Waals surface area contributed by atoms with Crippen molar-refractivity contribution in [1.29, 1.82) is 0 Å². The van der Waals surface area contributed by atoms with Crippen LogP contribution in [-0.2, 0) is 9.84 Å². The molecule has 0 aromatic rings. The summed E-state index contributed by atoms with van der Waals surface area (Å²) in [6.07, 6.45) is 2.65. The van der Waals surface area contributed by atoms with Crippen LogP contribution in [0, 0.1) is 5.92 Å². The molecule has 0 bridgehead atoms. The topological polar surface area (TPSA) is 49.4 Å². The molecule has 5 heteroatoms. The second kappa shape index (κ2) is 7.04. The van der Waals surface area contributed by atoms with E-state index in [0.717, 1.165) is 13.1 Å². The van der Waals surface area contributed by atoms with Crippen molar-refractivity contribution in [2.75, 3.05) is 38.5 Å². The lowest BCUT2D eigenvalue weighted by Crippen LogP contribution is -2.37. The molecular formula is C14H30N2O2S. The van der Waals surface area contributed by atoms with Gasteiger partial charge >= 0.3 is 0 Å². The minimum absolute atomic E-state index is 0.229. The van der Waals surface area contributed by atoms with E-state index in [1.165, 1.54) is 25.9 Å². The van der Waals surface area contributed by atoms with Crippen LogP contribution < -0.4 is 5.32 Å². The maximum Gasteiger partial charge on any atom is 0.156 e. The number of hydrogen-bond acceptors (Lipinski definition) is 4. The van der Waals surface area contributed by atoms with Gasteiger partial charge in [0.2, 0.25) is 0 Å². The third-order valence-electron chi connectivity index (χ3n) is 3.74. The Morgan fingerprint density at radius 2 is 1.79 bits per heavy atom. The normalized spacial score (nSPS) is 19.8. The van der Waals surface area contributed by atoms with E-state index in [1.807, 2.05) is 0 Å². The summed E-state index contributed by atoms with van der Waals surface area (Å²) < 4.78 is 23.2. The van der Waals surface area contributed by atoms with Crippen molar-refractivity contribution in [3.8, 4) is 0 Å². The molecule has 1 fully saturated rings. The van der Waals surface area contributed by atoms with E-state index < -0.39 is 14.6 Å². The lowest BCUT2D eigenvalue weighted by Gasteiger charge is -2.22. The van der Waals surface area contributed by atoms with Crippen LogP contribution in [0.3, 0.4) is 0 Å². The summed E-state index contributed by atoms with van der Waals surface area (Å²) in [5.74, 6) is 0.808. The lowest BCUT2D eigenvalue weighted by atomic mass is 10.1. The van der Waals surface area contributed by atoms with Crippen LogP contribution in [0.4, 0.5) is 0 Å². The fourth-order valence-electron chi connectivity index (χ4n) is 2.33. The summed E-state index contributed by atoms with van der Waals surface area (Å²) in [6, 6.07) is 0. The van der Waals surface area contributed by atoms with Gasteiger partial charge in [-0.1, -0.05) is 6.92 Å². The molecule has 1 unspecified atom stereocenters. The summed E-state index contributed by atoms with van der Waals surface area (Å²) in [6.45, 7) is 12.5. The standard InChI is InChI=1S/C14H30N2O2S/c1-13(12-16-8-5-6-9-16)11-15-7-10-19(17,18)14(2,3)4/h13,15H,5-12H2,1-4H3. The van der Waals surface area contributed by atoms with E-state index in [4.69, 9.17) is 0 Å². The van der Waals surface area contributed by atoms with Crippen molar-refractivity contribution in [3.05, 3.63) is 0 Å². The van der Waals surface area contributed by atoms with E-state index in [1.54, 1.807) is 20.8 Å². The number of nitrogens with one attached hydrogen (secondary N) is 1. The van der Waals surface area contributed by atoms with Gasteiger partial charge in [0.15, 0.2) is 9.84 Å². The SMILES string of the molecule is CC(CNCCS(=O)(=O)C(C)(C)C)CN1CCCC1. The number of hydrogen-bond donors (Lipinski definition) is 1. The number of sulfone groups is 1. The Morgan fingerprint density at radius 3 is 2.32 bits per heavy atom. The third kappa shape index (κ3) is 5.79. The Morgan fingerprint density at radius 1 is 1.21 bits per heavy atom. The van der Waals surface area contributed by atoms with Crippen LogP contribution in [0.25, 0.3) is 0 Å². The van der Waals surface area contributed by atoms with E-state index in [0.29, 0.717) is 12.5 Å². The molecule has 1 atom stereocenters. The average molecular weight is 290 g/mol. The molecule has 0 saturated carbocycles. The van der Waals surface area contributed by atoms with E-state index in [-0.39, 0.29) is 5.75 Å². The van der Waals surface area contributed by atoms with Crippen LogP contribution in [0.2, 0.25) is 0 Å². The van der Waals surface area contributed by atoms with Gasteiger partial charge in [0.05, 0.1) is 10.5 Å². The minimum Gasteiger partial charge on any atom is -0.315 e. The van der Waals surface area contributed by atoms with Gasteiger partial charge in [-0.05, 0) is 59.2 Å². The zero-order valence-electron chi connectivity index (χ0n) is 12.9. The molecule has 0 spiro atoms. The van der Waals surface area contributed by atoms with Gasteiger partial charge in [0.1, 0.15) is 0 Å². The maximum atomic E-state index is 11.9. The quantitative estimate of drug-likeness (QED) is 0.722. The molecule has 4 nitrogen and oxygen atoms in total. The minimum atomic E-state index is -2.99. The molecule has 0 aromatic heterocycles. The molecule has 0 amide bonds. The predicted molar refractivity (Wildman–Crippen MR) is 81.2 cm³/mol. The first-order valence-corrected chi connectivity index (χ1v) is 9.03. The molecule has 1 aliphatic rings. The highest BCUT2D eigenvalue weighted by molar-refractivity contribution is 7.92. The fourth-order valence-corrected chi connectivity index (χ4v) is 3.36. The summed E-state index contributed by atoms with van der Waals surface area (Å²) in [4.78, 5) is 2.50. The molecule has 19 heavy (non-hydrogen) atoms. The van der Waals surface area contributed by atoms with Crippen LogP contribution in [0.5, 0.6) is 0 Å². The Hall–Kier alpha value is -0.130. The number of rotatable bonds is 7. The first-order chi connectivity index (χ1) is 8.72. The Labute approximate surface area is 118 Å². The maximum absolute atomic E-state index is 11.9. The van der Waals surface area contributed by atoms with Crippen molar-refractivity contribution in [3.63, 3.8) is 0 Å². The molecular weight excluding hydrogens is 260 g/mol. The fraction of sp³-hybridized carbons (Fsp3) is 1.00. The first kappa shape index (κ1) is 16.9. The van der Waals surface area contributed by atoms with Gasteiger partial charge in [-0.3, -0.25) is 0 Å². The van der Waals surface area contributed by atoms with Gasteiger partial charge < -0.3 is 10.2 Å². The molecule has 1 heterocycles. The van der Waals surface area contributed by atoms with Gasteiger partial charge in [-0.25, -0.2) is 8.42 Å². The van der Waals surface area contributed by atoms with Crippen molar-refractivity contribution in [2.24, 2.45) is 5.92 Å². The van der Waals surface area contributed by atoms with E-state index in [2.05, 4.69) is 17.1 Å². The van der Waals surface area contributed by atoms with Gasteiger partial charge in [0, 0.05) is 13.1 Å². The van der Waals surface area contributed by atoms with Crippen molar-refractivity contribution in [2.45, 2.75) is 45.3 Å². The summed E-state index contributed by atoms with van der Waals surface area (Å²) in [5, 5.41) is 3.28. The van der Waals surface area contributed by atoms with Crippen LogP contribution in [-0.4, -0.2) is 56.5 Å². The largest absolute Gasteiger partial charge is 0.315 e. The Bertz CT molecular complexity index is 354. The van der Waals surface area contributed by atoms with Crippen LogP contribution in [0.15, 0.2) is 0 Å². The highest BCUT2D eigenvalue weighted by Gasteiger charge is 2.28. The van der Waals surface area contributed by atoms with Crippen molar-refractivity contribution in [1.82, 2.24) is 10.2 Å². The molecule has 1 N–H and O–H groups in total. The van der Waals surface area contributed by atoms with Gasteiger partial charge in [0.25, 0.3) is 0 Å². The summed E-state index contributed by atoms with van der Waals surface area (Å²) in [5.41, 5.74) is 0. The van der Waals surface area contributed by atoms with Gasteiger partial charge in [-0.15, -0.1) is 0 Å². The average Bonchev–Trinajstić information content (AvgIpc) is 2.75. The third-order valence-corrected chi connectivity index (χ3v) is 6.35. The zero-order valence-corrected chi connectivity index (χ0v) is 13.7. The zero-order chi connectivity index (χ0) is 14.5. The lowest BCUT2D eigenvalue weighted by molar-refractivity contribution is 0.283. The highest BCUT2D eigenvalue weighted by Crippen LogP contribution is 2.15. The molecule has 0 aliphatic carbocycles. The van der Waals surface area contributed by atoms with Crippen molar-refractivity contribution >= 4 is 9.84 Å². The van der Waals surface area contributed by atoms with Gasteiger partial charge in [-0.2, -0.15) is 0 Å². The van der Waals surface area contributed by atoms with E-state index >= 15 is 0 Å². The molecule has 1 aliphatic heterocycles. The molecule has 0 radical (unpaired) electrons. The number of likely N-dealkylation sites (tertiary alicyclic amines) is 1. The number of nitrogens with zero attached hydrogens (tertiary/aromatic N) is 1. The molecule has 0 aromatic carbocycles. The smallest absolute Gasteiger partial charge is 0.156 e. The summed E-state index contributed by atoms with van der Waals surface area (Å²) in [7, 11) is -2.99. The molecule has 114 valence electrons. The second-order valence-corrected chi connectivity index (χ2v) is 9.61. The summed E-state index contributed by atoms with van der Waals surface area (Å²) >= 11 is 0. The predicted octanol–water partition coefficient (Wildman–Crippen LogP) is 1.52. The second-order valence-electron chi connectivity index (χ2n) is 6.75. The van der Waals surface area contributed by atoms with Crippen molar-refractivity contribution < 1.29 is 8.42 Å². The Kier molecular flexibility index (Phi) is 6.27. The molecule has 1 saturated heterocycles. The van der Waals surface area contributed by atoms with E-state index in [9.17, 15) is 8.42 Å². The highest BCUT2D eigenvalue weighted by atomic mass is 32.2. The first-order valence-electron chi connectivity index (χ1n) is 7.38. The monoisotopic (exact) mass is 290 g/mol. The van der Waals surface area contributed by atoms with Crippen LogP contribution >= 0.6 is 0 Å².